The van der Waals surface area contributed by atoms with Gasteiger partial charge in [-0.05, 0) is 24.5 Å². The van der Waals surface area contributed by atoms with Crippen LogP contribution < -0.4 is 0 Å². The van der Waals surface area contributed by atoms with Gasteiger partial charge in [0.2, 0.25) is 0 Å². The normalized spacial score (nSPS) is 17.6. The quantitative estimate of drug-likeness (QED) is 0.785. The molecule has 4 heteroatoms. The zero-order valence-corrected chi connectivity index (χ0v) is 11.2. The summed E-state index contributed by atoms with van der Waals surface area (Å²) in [5.41, 5.74) is 0.591. The molecule has 0 saturated heterocycles. The molecule has 0 unspecified atom stereocenters. The molecule has 0 bridgehead atoms. The molecule has 0 amide bonds. The van der Waals surface area contributed by atoms with Crippen molar-refractivity contribution in [3.05, 3.63) is 36.4 Å². The minimum Gasteiger partial charge on any atom is -0.263 e. The molecule has 98 valence electrons. The number of rotatable bonds is 4. The summed E-state index contributed by atoms with van der Waals surface area (Å²) in [6.07, 6.45) is 6.29. The molecule has 1 fully saturated rings. The monoisotopic (exact) mass is 266 g/mol. The Bertz CT molecular complexity index is 514. The van der Waals surface area contributed by atoms with Crippen LogP contribution in [0, 0.1) is 0 Å². The van der Waals surface area contributed by atoms with Crippen molar-refractivity contribution in [3.8, 4) is 0 Å². The Kier molecular flexibility index (Phi) is 4.19. The summed E-state index contributed by atoms with van der Waals surface area (Å²) in [4.78, 5) is 0.213. The van der Waals surface area contributed by atoms with Crippen molar-refractivity contribution in [1.82, 2.24) is 0 Å². The average Bonchev–Trinajstić information content (AvgIpc) is 2.39. The molecule has 0 aliphatic heterocycles. The van der Waals surface area contributed by atoms with Crippen molar-refractivity contribution in [3.63, 3.8) is 0 Å². The highest BCUT2D eigenvalue weighted by Gasteiger charge is 2.24. The van der Waals surface area contributed by atoms with Gasteiger partial charge in [0, 0.05) is 0 Å². The lowest BCUT2D eigenvalue weighted by Gasteiger charge is -2.21. The second-order valence-corrected chi connectivity index (χ2v) is 6.09. The second kappa shape index (κ2) is 5.67. The maximum absolute atomic E-state index is 12.2. The van der Waals surface area contributed by atoms with Gasteiger partial charge in [-0.25, -0.2) is 0 Å². The Morgan fingerprint density at radius 3 is 2.50 bits per heavy atom. The van der Waals surface area contributed by atoms with Crippen LogP contribution >= 0.6 is 0 Å². The third kappa shape index (κ3) is 3.00. The summed E-state index contributed by atoms with van der Waals surface area (Å²) in [5, 5.41) is 0. The lowest BCUT2D eigenvalue weighted by molar-refractivity contribution is 0.162. The van der Waals surface area contributed by atoms with E-state index in [0.29, 0.717) is 5.56 Å². The minimum atomic E-state index is -3.67. The first-order valence-electron chi connectivity index (χ1n) is 6.28. The topological polar surface area (TPSA) is 43.4 Å². The molecule has 0 aromatic heterocycles. The van der Waals surface area contributed by atoms with Gasteiger partial charge in [0.25, 0.3) is 10.1 Å². The first kappa shape index (κ1) is 13.3. The second-order valence-electron chi connectivity index (χ2n) is 4.55. The van der Waals surface area contributed by atoms with Crippen molar-refractivity contribution in [2.24, 2.45) is 0 Å². The fourth-order valence-corrected chi connectivity index (χ4v) is 3.61. The highest BCUT2D eigenvalue weighted by atomic mass is 32.2. The Labute approximate surface area is 109 Å². The molecule has 18 heavy (non-hydrogen) atoms. The van der Waals surface area contributed by atoms with Crippen LogP contribution in [0.5, 0.6) is 0 Å². The largest absolute Gasteiger partial charge is 0.297 e. The Morgan fingerprint density at radius 2 is 1.83 bits per heavy atom. The Balaban J connectivity index is 2.21. The smallest absolute Gasteiger partial charge is 0.263 e. The lowest BCUT2D eigenvalue weighted by Crippen LogP contribution is -2.21. The third-order valence-corrected chi connectivity index (χ3v) is 4.66. The molecule has 3 nitrogen and oxygen atoms in total. The molecule has 2 rings (SSSR count). The summed E-state index contributed by atoms with van der Waals surface area (Å²) in [6, 6.07) is 6.78. The summed E-state index contributed by atoms with van der Waals surface area (Å²) < 4.78 is 29.8. The summed E-state index contributed by atoms with van der Waals surface area (Å²) in [6.45, 7) is 3.63. The van der Waals surface area contributed by atoms with Crippen LogP contribution in [0.15, 0.2) is 35.7 Å². The molecule has 1 aliphatic rings. The summed E-state index contributed by atoms with van der Waals surface area (Å²) in [7, 11) is -3.67. The van der Waals surface area contributed by atoms with Gasteiger partial charge in [0.1, 0.15) is 4.90 Å². The van der Waals surface area contributed by atoms with Crippen molar-refractivity contribution >= 4 is 16.2 Å². The highest BCUT2D eigenvalue weighted by Crippen LogP contribution is 2.26. The van der Waals surface area contributed by atoms with E-state index in [2.05, 4.69) is 6.58 Å². The van der Waals surface area contributed by atoms with Crippen LogP contribution in [0.25, 0.3) is 6.08 Å². The van der Waals surface area contributed by atoms with Crippen LogP contribution in [0.1, 0.15) is 37.7 Å². The zero-order chi connectivity index (χ0) is 13.0. The summed E-state index contributed by atoms with van der Waals surface area (Å²) >= 11 is 0. The van der Waals surface area contributed by atoms with Gasteiger partial charge in [-0.15, -0.1) is 0 Å². The van der Waals surface area contributed by atoms with Gasteiger partial charge in [0.15, 0.2) is 0 Å². The molecule has 1 saturated carbocycles. The molecule has 0 heterocycles. The number of hydrogen-bond acceptors (Lipinski definition) is 3. The van der Waals surface area contributed by atoms with Crippen LogP contribution in [-0.4, -0.2) is 14.5 Å². The van der Waals surface area contributed by atoms with Gasteiger partial charge in [-0.1, -0.05) is 50.1 Å². The van der Waals surface area contributed by atoms with E-state index >= 15 is 0 Å². The minimum absolute atomic E-state index is 0.165. The Morgan fingerprint density at radius 1 is 1.17 bits per heavy atom. The van der Waals surface area contributed by atoms with Crippen molar-refractivity contribution in [1.29, 1.82) is 0 Å². The SMILES string of the molecule is C=Cc1ccccc1S(=O)(=O)OC1CCCCC1. The average molecular weight is 266 g/mol. The van der Waals surface area contributed by atoms with Gasteiger partial charge < -0.3 is 0 Å². The lowest BCUT2D eigenvalue weighted by atomic mass is 9.98. The van der Waals surface area contributed by atoms with Crippen LogP contribution in [0.2, 0.25) is 0 Å². The summed E-state index contributed by atoms with van der Waals surface area (Å²) in [5.74, 6) is 0. The van der Waals surface area contributed by atoms with Crippen molar-refractivity contribution in [2.45, 2.75) is 43.1 Å². The van der Waals surface area contributed by atoms with E-state index in [0.717, 1.165) is 25.7 Å². The van der Waals surface area contributed by atoms with Crippen molar-refractivity contribution < 1.29 is 12.6 Å². The van der Waals surface area contributed by atoms with Crippen LogP contribution in [0.3, 0.4) is 0 Å². The van der Waals surface area contributed by atoms with E-state index in [4.69, 9.17) is 4.18 Å². The highest BCUT2D eigenvalue weighted by molar-refractivity contribution is 7.86. The van der Waals surface area contributed by atoms with E-state index < -0.39 is 10.1 Å². The van der Waals surface area contributed by atoms with E-state index in [-0.39, 0.29) is 11.0 Å². The number of hydrogen-bond donors (Lipinski definition) is 0. The molecule has 0 radical (unpaired) electrons. The molecule has 1 aromatic carbocycles. The van der Waals surface area contributed by atoms with Gasteiger partial charge in [-0.2, -0.15) is 8.42 Å². The first-order chi connectivity index (χ1) is 8.63. The zero-order valence-electron chi connectivity index (χ0n) is 10.3. The van der Waals surface area contributed by atoms with Crippen molar-refractivity contribution in [2.75, 3.05) is 0 Å². The molecular formula is C14H18O3S. The van der Waals surface area contributed by atoms with Gasteiger partial charge >= 0.3 is 0 Å². The number of benzene rings is 1. The van der Waals surface area contributed by atoms with E-state index in [1.165, 1.54) is 12.5 Å². The fourth-order valence-electron chi connectivity index (χ4n) is 2.27. The Hall–Kier alpha value is -1.13. The van der Waals surface area contributed by atoms with Gasteiger partial charge in [0.05, 0.1) is 6.10 Å². The molecular weight excluding hydrogens is 248 g/mol. The molecule has 1 aliphatic carbocycles. The van der Waals surface area contributed by atoms with E-state index in [1.807, 2.05) is 0 Å². The molecule has 0 atom stereocenters. The molecule has 1 aromatic rings. The first-order valence-corrected chi connectivity index (χ1v) is 7.69. The standard InChI is InChI=1S/C14H18O3S/c1-2-12-8-6-7-11-14(12)18(15,16)17-13-9-4-3-5-10-13/h2,6-8,11,13H,1,3-5,9-10H2. The maximum Gasteiger partial charge on any atom is 0.297 e. The van der Waals surface area contributed by atoms with Crippen LogP contribution in [0.4, 0.5) is 0 Å². The van der Waals surface area contributed by atoms with E-state index in [1.54, 1.807) is 24.3 Å². The van der Waals surface area contributed by atoms with E-state index in [9.17, 15) is 8.42 Å². The molecule has 0 N–H and O–H groups in total. The van der Waals surface area contributed by atoms with Gasteiger partial charge in [-0.3, -0.25) is 4.18 Å². The van der Waals surface area contributed by atoms with Crippen LogP contribution in [-0.2, 0) is 14.3 Å². The molecule has 0 spiro atoms. The fraction of sp³-hybridized carbons (Fsp3) is 0.429. The maximum atomic E-state index is 12.2. The predicted molar refractivity (Wildman–Crippen MR) is 71.7 cm³/mol. The third-order valence-electron chi connectivity index (χ3n) is 3.22. The predicted octanol–water partition coefficient (Wildman–Crippen LogP) is 3.37.